The van der Waals surface area contributed by atoms with Gasteiger partial charge in [-0.2, -0.15) is 0 Å². The Morgan fingerprint density at radius 3 is 2.63 bits per heavy atom. The lowest BCUT2D eigenvalue weighted by Gasteiger charge is -2.09. The van der Waals surface area contributed by atoms with Crippen LogP contribution in [0.3, 0.4) is 0 Å². The first-order valence-electron chi connectivity index (χ1n) is 5.36. The predicted octanol–water partition coefficient (Wildman–Crippen LogP) is 2.25. The van der Waals surface area contributed by atoms with Gasteiger partial charge in [-0.05, 0) is 40.5 Å². The van der Waals surface area contributed by atoms with Crippen molar-refractivity contribution in [2.75, 3.05) is 4.72 Å². The van der Waals surface area contributed by atoms with Gasteiger partial charge in [0, 0.05) is 22.9 Å². The minimum absolute atomic E-state index is 0.317. The van der Waals surface area contributed by atoms with Crippen LogP contribution in [-0.2, 0) is 10.0 Å². The van der Waals surface area contributed by atoms with E-state index in [1.165, 1.54) is 12.3 Å². The molecule has 0 aliphatic carbocycles. The third kappa shape index (κ3) is 3.05. The molecule has 2 aromatic rings. The van der Waals surface area contributed by atoms with Crippen molar-refractivity contribution in [3.63, 3.8) is 0 Å². The topological polar surface area (TPSA) is 79.0 Å². The van der Waals surface area contributed by atoms with Crippen LogP contribution in [0.2, 0.25) is 0 Å². The number of pyridine rings is 1. The summed E-state index contributed by atoms with van der Waals surface area (Å²) in [5, 5.41) is 0. The number of aromatic amines is 1. The van der Waals surface area contributed by atoms with E-state index >= 15 is 0 Å². The highest BCUT2D eigenvalue weighted by Crippen LogP contribution is 2.25. The molecule has 1 heterocycles. The van der Waals surface area contributed by atoms with Gasteiger partial charge in [0.15, 0.2) is 4.90 Å². The van der Waals surface area contributed by atoms with Crippen molar-refractivity contribution in [1.29, 1.82) is 0 Å². The number of benzene rings is 1. The van der Waals surface area contributed by atoms with Crippen molar-refractivity contribution in [3.05, 3.63) is 56.9 Å². The summed E-state index contributed by atoms with van der Waals surface area (Å²) >= 11 is 3.28. The first-order chi connectivity index (χ1) is 8.90. The number of anilines is 1. The molecule has 0 aliphatic heterocycles. The molecule has 0 fully saturated rings. The fourth-order valence-corrected chi connectivity index (χ4v) is 3.37. The molecule has 0 saturated heterocycles. The fraction of sp³-hybridized carbons (Fsp3) is 0.0833. The van der Waals surface area contributed by atoms with E-state index < -0.39 is 15.5 Å². The van der Waals surface area contributed by atoms with Gasteiger partial charge in [-0.1, -0.05) is 6.07 Å². The molecule has 0 radical (unpaired) electrons. The summed E-state index contributed by atoms with van der Waals surface area (Å²) in [6.45, 7) is 1.89. The normalized spacial score (nSPS) is 11.3. The van der Waals surface area contributed by atoms with E-state index in [1.54, 1.807) is 18.2 Å². The molecule has 0 saturated carbocycles. The minimum Gasteiger partial charge on any atom is -0.366 e. The van der Waals surface area contributed by atoms with Crippen LogP contribution < -0.4 is 10.2 Å². The molecular formula is C12H11BrN2O3S. The van der Waals surface area contributed by atoms with Crippen LogP contribution >= 0.6 is 15.9 Å². The Morgan fingerprint density at radius 1 is 1.26 bits per heavy atom. The van der Waals surface area contributed by atoms with E-state index in [0.717, 1.165) is 11.8 Å². The number of hydrogen-bond donors (Lipinski definition) is 2. The van der Waals surface area contributed by atoms with Gasteiger partial charge in [-0.25, -0.2) is 8.42 Å². The highest BCUT2D eigenvalue weighted by Gasteiger charge is 2.18. The van der Waals surface area contributed by atoms with E-state index in [2.05, 4.69) is 25.6 Å². The number of nitrogens with one attached hydrogen (secondary N) is 2. The van der Waals surface area contributed by atoms with Crippen LogP contribution in [0.15, 0.2) is 50.8 Å². The Hall–Kier alpha value is -1.60. The van der Waals surface area contributed by atoms with E-state index in [4.69, 9.17) is 0 Å². The second-order valence-corrected chi connectivity index (χ2v) is 6.47. The van der Waals surface area contributed by atoms with Crippen molar-refractivity contribution in [3.8, 4) is 0 Å². The van der Waals surface area contributed by atoms with Crippen molar-refractivity contribution in [1.82, 2.24) is 4.98 Å². The predicted molar refractivity (Wildman–Crippen MR) is 76.8 cm³/mol. The number of sulfonamides is 1. The highest BCUT2D eigenvalue weighted by molar-refractivity contribution is 9.10. The molecule has 1 aromatic carbocycles. The van der Waals surface area contributed by atoms with Crippen LogP contribution in [0, 0.1) is 6.92 Å². The molecular weight excluding hydrogens is 332 g/mol. The average molecular weight is 343 g/mol. The van der Waals surface area contributed by atoms with Crippen LogP contribution in [-0.4, -0.2) is 13.4 Å². The number of aromatic nitrogens is 1. The Kier molecular flexibility index (Phi) is 3.77. The zero-order chi connectivity index (χ0) is 14.0. The molecule has 0 spiro atoms. The van der Waals surface area contributed by atoms with Crippen LogP contribution in [0.4, 0.5) is 5.69 Å². The van der Waals surface area contributed by atoms with E-state index in [0.29, 0.717) is 10.2 Å². The molecule has 5 nitrogen and oxygen atoms in total. The Balaban J connectivity index is 2.43. The maximum atomic E-state index is 12.1. The van der Waals surface area contributed by atoms with Crippen LogP contribution in [0.25, 0.3) is 0 Å². The summed E-state index contributed by atoms with van der Waals surface area (Å²) in [4.78, 5) is 13.8. The lowest BCUT2D eigenvalue weighted by Crippen LogP contribution is -2.21. The van der Waals surface area contributed by atoms with Gasteiger partial charge in [0.25, 0.3) is 10.0 Å². The molecule has 0 amide bonds. The summed E-state index contributed by atoms with van der Waals surface area (Å²) < 4.78 is 27.2. The van der Waals surface area contributed by atoms with Crippen molar-refractivity contribution in [2.45, 2.75) is 11.8 Å². The smallest absolute Gasteiger partial charge is 0.267 e. The van der Waals surface area contributed by atoms with E-state index in [-0.39, 0.29) is 4.90 Å². The lowest BCUT2D eigenvalue weighted by molar-refractivity contribution is 0.600. The van der Waals surface area contributed by atoms with Gasteiger partial charge >= 0.3 is 0 Å². The zero-order valence-electron chi connectivity index (χ0n) is 9.98. The number of aryl methyl sites for hydroxylation is 1. The zero-order valence-corrected chi connectivity index (χ0v) is 12.4. The molecule has 100 valence electrons. The molecule has 19 heavy (non-hydrogen) atoms. The Bertz CT molecular complexity index is 769. The maximum absolute atomic E-state index is 12.1. The second kappa shape index (κ2) is 5.18. The van der Waals surface area contributed by atoms with E-state index in [1.807, 2.05) is 6.92 Å². The van der Waals surface area contributed by atoms with Gasteiger partial charge in [0.1, 0.15) is 0 Å². The second-order valence-electron chi connectivity index (χ2n) is 3.96. The Morgan fingerprint density at radius 2 is 2.00 bits per heavy atom. The fourth-order valence-electron chi connectivity index (χ4n) is 1.51. The number of H-pyrrole nitrogens is 1. The molecule has 0 unspecified atom stereocenters. The third-order valence-electron chi connectivity index (χ3n) is 2.45. The lowest BCUT2D eigenvalue weighted by atomic mass is 10.2. The summed E-state index contributed by atoms with van der Waals surface area (Å²) in [7, 11) is -3.90. The SMILES string of the molecule is Cc1ccc(NS(=O)(=O)c2c[nH]ccc2=O)c(Br)c1. The standard InChI is InChI=1S/C12H11BrN2O3S/c1-8-2-3-10(9(13)6-8)15-19(17,18)12-7-14-5-4-11(12)16/h2-7,15H,1H3,(H,14,16). The molecule has 2 rings (SSSR count). The summed E-state index contributed by atoms with van der Waals surface area (Å²) in [6.07, 6.45) is 2.54. The first kappa shape index (κ1) is 13.8. The number of hydrogen-bond acceptors (Lipinski definition) is 3. The summed E-state index contributed by atoms with van der Waals surface area (Å²) in [5.41, 5.74) is 0.815. The molecule has 0 atom stereocenters. The molecule has 0 aliphatic rings. The van der Waals surface area contributed by atoms with Gasteiger partial charge < -0.3 is 4.98 Å². The third-order valence-corrected chi connectivity index (χ3v) is 4.49. The first-order valence-corrected chi connectivity index (χ1v) is 7.64. The quantitative estimate of drug-likeness (QED) is 0.897. The van der Waals surface area contributed by atoms with Gasteiger partial charge in [-0.3, -0.25) is 9.52 Å². The summed E-state index contributed by atoms with van der Waals surface area (Å²) in [6, 6.07) is 6.36. The average Bonchev–Trinajstić information content (AvgIpc) is 2.33. The van der Waals surface area contributed by atoms with Crippen molar-refractivity contribution < 1.29 is 8.42 Å². The minimum atomic E-state index is -3.90. The largest absolute Gasteiger partial charge is 0.366 e. The van der Waals surface area contributed by atoms with Crippen LogP contribution in [0.1, 0.15) is 5.56 Å². The van der Waals surface area contributed by atoms with Gasteiger partial charge in [-0.15, -0.1) is 0 Å². The van der Waals surface area contributed by atoms with Crippen molar-refractivity contribution >= 4 is 31.6 Å². The molecule has 2 N–H and O–H groups in total. The molecule has 0 bridgehead atoms. The monoisotopic (exact) mass is 342 g/mol. The van der Waals surface area contributed by atoms with Crippen molar-refractivity contribution in [2.24, 2.45) is 0 Å². The Labute approximate surface area is 118 Å². The van der Waals surface area contributed by atoms with Gasteiger partial charge in [0.05, 0.1) is 5.69 Å². The summed E-state index contributed by atoms with van der Waals surface area (Å²) in [5.74, 6) is 0. The number of halogens is 1. The molecule has 7 heteroatoms. The van der Waals surface area contributed by atoms with Crippen LogP contribution in [0.5, 0.6) is 0 Å². The maximum Gasteiger partial charge on any atom is 0.267 e. The molecule has 1 aromatic heterocycles. The van der Waals surface area contributed by atoms with Gasteiger partial charge in [0.2, 0.25) is 5.43 Å². The highest BCUT2D eigenvalue weighted by atomic mass is 79.9. The number of rotatable bonds is 3. The van der Waals surface area contributed by atoms with E-state index in [9.17, 15) is 13.2 Å².